The van der Waals surface area contributed by atoms with Gasteiger partial charge in [0.05, 0.1) is 13.2 Å². The summed E-state index contributed by atoms with van der Waals surface area (Å²) in [5, 5.41) is 6.30. The quantitative estimate of drug-likeness (QED) is 0.658. The standard InChI is InChI=1S/C20H19FN6O3/c21-13-1-3-14(4-2-13)22-18-24-19(26-20(25-18)27-7-9-28-10-8-27)23-15-5-6-16-17(11-15)30-12-29-16/h1-6,11H,7-10,12H2,(H2,22,23,24,25,26). The third-order valence-corrected chi connectivity index (χ3v) is 4.65. The molecule has 2 aromatic carbocycles. The summed E-state index contributed by atoms with van der Waals surface area (Å²) in [5.41, 5.74) is 1.43. The first kappa shape index (κ1) is 18.4. The summed E-state index contributed by atoms with van der Waals surface area (Å²) in [6, 6.07) is 11.5. The number of rotatable bonds is 5. The molecule has 1 fully saturated rings. The average molecular weight is 410 g/mol. The van der Waals surface area contributed by atoms with Gasteiger partial charge in [0.2, 0.25) is 24.6 Å². The van der Waals surface area contributed by atoms with Gasteiger partial charge in [-0.15, -0.1) is 0 Å². The van der Waals surface area contributed by atoms with Crippen molar-refractivity contribution in [2.45, 2.75) is 0 Å². The summed E-state index contributed by atoms with van der Waals surface area (Å²) in [6.07, 6.45) is 0. The van der Waals surface area contributed by atoms with Gasteiger partial charge in [-0.1, -0.05) is 0 Å². The second-order valence-corrected chi connectivity index (χ2v) is 6.71. The molecule has 30 heavy (non-hydrogen) atoms. The molecule has 5 rings (SSSR count). The summed E-state index contributed by atoms with van der Waals surface area (Å²) >= 11 is 0. The molecule has 3 aromatic rings. The molecule has 10 heteroatoms. The van der Waals surface area contributed by atoms with Gasteiger partial charge in [-0.25, -0.2) is 4.39 Å². The molecule has 2 aliphatic rings. The Morgan fingerprint density at radius 1 is 0.800 bits per heavy atom. The van der Waals surface area contributed by atoms with Crippen molar-refractivity contribution in [2.75, 3.05) is 48.6 Å². The molecule has 1 saturated heterocycles. The van der Waals surface area contributed by atoms with E-state index in [1.165, 1.54) is 12.1 Å². The first-order valence-corrected chi connectivity index (χ1v) is 9.51. The first-order chi connectivity index (χ1) is 14.7. The van der Waals surface area contributed by atoms with Crippen LogP contribution in [0.5, 0.6) is 11.5 Å². The molecule has 0 amide bonds. The minimum atomic E-state index is -0.310. The molecule has 0 aliphatic carbocycles. The number of halogens is 1. The van der Waals surface area contributed by atoms with Crippen LogP contribution in [0.4, 0.5) is 33.6 Å². The van der Waals surface area contributed by atoms with E-state index in [4.69, 9.17) is 14.2 Å². The van der Waals surface area contributed by atoms with E-state index in [1.54, 1.807) is 12.1 Å². The van der Waals surface area contributed by atoms with Gasteiger partial charge >= 0.3 is 0 Å². The van der Waals surface area contributed by atoms with E-state index in [1.807, 2.05) is 23.1 Å². The molecule has 0 atom stereocenters. The van der Waals surface area contributed by atoms with Crippen LogP contribution in [0.2, 0.25) is 0 Å². The minimum absolute atomic E-state index is 0.206. The van der Waals surface area contributed by atoms with E-state index in [9.17, 15) is 4.39 Å². The highest BCUT2D eigenvalue weighted by molar-refractivity contribution is 5.62. The van der Waals surface area contributed by atoms with Crippen molar-refractivity contribution in [3.8, 4) is 11.5 Å². The molecular weight excluding hydrogens is 391 g/mol. The summed E-state index contributed by atoms with van der Waals surface area (Å²) < 4.78 is 29.4. The molecular formula is C20H19FN6O3. The van der Waals surface area contributed by atoms with Crippen molar-refractivity contribution in [2.24, 2.45) is 0 Å². The van der Waals surface area contributed by atoms with Crippen LogP contribution in [0.1, 0.15) is 0 Å². The van der Waals surface area contributed by atoms with Crippen LogP contribution in [0.15, 0.2) is 42.5 Å². The fourth-order valence-corrected chi connectivity index (χ4v) is 3.15. The number of hydrogen-bond donors (Lipinski definition) is 2. The fourth-order valence-electron chi connectivity index (χ4n) is 3.15. The zero-order chi connectivity index (χ0) is 20.3. The van der Waals surface area contributed by atoms with Crippen LogP contribution in [-0.4, -0.2) is 48.0 Å². The van der Waals surface area contributed by atoms with E-state index < -0.39 is 0 Å². The topological polar surface area (TPSA) is 93.7 Å². The smallest absolute Gasteiger partial charge is 0.233 e. The number of aromatic nitrogens is 3. The van der Waals surface area contributed by atoms with Gasteiger partial charge in [0.15, 0.2) is 11.5 Å². The zero-order valence-electron chi connectivity index (χ0n) is 16.0. The highest BCUT2D eigenvalue weighted by Crippen LogP contribution is 2.35. The van der Waals surface area contributed by atoms with Crippen molar-refractivity contribution in [1.29, 1.82) is 0 Å². The lowest BCUT2D eigenvalue weighted by atomic mass is 10.3. The van der Waals surface area contributed by atoms with Gasteiger partial charge in [-0.3, -0.25) is 0 Å². The second kappa shape index (κ2) is 7.99. The number of benzene rings is 2. The van der Waals surface area contributed by atoms with Crippen LogP contribution < -0.4 is 25.0 Å². The molecule has 3 heterocycles. The number of morpholine rings is 1. The average Bonchev–Trinajstić information content (AvgIpc) is 3.24. The molecule has 0 saturated carbocycles. The Hall–Kier alpha value is -3.66. The maximum atomic E-state index is 13.2. The normalized spacial score (nSPS) is 15.2. The number of hydrogen-bond acceptors (Lipinski definition) is 9. The lowest BCUT2D eigenvalue weighted by Gasteiger charge is -2.27. The Labute approximate surface area is 171 Å². The third-order valence-electron chi connectivity index (χ3n) is 4.65. The van der Waals surface area contributed by atoms with Gasteiger partial charge in [0.25, 0.3) is 0 Å². The van der Waals surface area contributed by atoms with Crippen LogP contribution >= 0.6 is 0 Å². The molecule has 2 aliphatic heterocycles. The number of anilines is 5. The maximum absolute atomic E-state index is 13.2. The summed E-state index contributed by atoms with van der Waals surface area (Å²) in [7, 11) is 0. The Bertz CT molecular complexity index is 1040. The van der Waals surface area contributed by atoms with Crippen molar-refractivity contribution in [3.05, 3.63) is 48.3 Å². The van der Waals surface area contributed by atoms with E-state index >= 15 is 0 Å². The molecule has 154 valence electrons. The largest absolute Gasteiger partial charge is 0.454 e. The Balaban J connectivity index is 1.44. The predicted molar refractivity (Wildman–Crippen MR) is 108 cm³/mol. The van der Waals surface area contributed by atoms with Gasteiger partial charge in [-0.05, 0) is 36.4 Å². The van der Waals surface area contributed by atoms with Crippen molar-refractivity contribution in [1.82, 2.24) is 15.0 Å². The summed E-state index contributed by atoms with van der Waals surface area (Å²) in [4.78, 5) is 15.6. The SMILES string of the molecule is Fc1ccc(Nc2nc(Nc3ccc4c(c3)OCO4)nc(N3CCOCC3)n2)cc1. The van der Waals surface area contributed by atoms with Crippen LogP contribution in [0, 0.1) is 5.82 Å². The van der Waals surface area contributed by atoms with E-state index in [0.717, 1.165) is 5.69 Å². The third kappa shape index (κ3) is 4.03. The van der Waals surface area contributed by atoms with Crippen molar-refractivity contribution in [3.63, 3.8) is 0 Å². The first-order valence-electron chi connectivity index (χ1n) is 9.51. The summed E-state index contributed by atoms with van der Waals surface area (Å²) in [6.45, 7) is 2.79. The fraction of sp³-hybridized carbons (Fsp3) is 0.250. The lowest BCUT2D eigenvalue weighted by Crippen LogP contribution is -2.37. The van der Waals surface area contributed by atoms with Gasteiger partial charge in [0.1, 0.15) is 5.82 Å². The molecule has 0 bridgehead atoms. The molecule has 2 N–H and O–H groups in total. The van der Waals surface area contributed by atoms with Crippen LogP contribution in [0.25, 0.3) is 0 Å². The zero-order valence-corrected chi connectivity index (χ0v) is 16.0. The summed E-state index contributed by atoms with van der Waals surface area (Å²) in [5.74, 6) is 2.30. The highest BCUT2D eigenvalue weighted by Gasteiger charge is 2.18. The van der Waals surface area contributed by atoms with Crippen LogP contribution in [0.3, 0.4) is 0 Å². The number of fused-ring (bicyclic) bond motifs is 1. The Morgan fingerprint density at radius 3 is 2.23 bits per heavy atom. The molecule has 1 aromatic heterocycles. The lowest BCUT2D eigenvalue weighted by molar-refractivity contribution is 0.122. The van der Waals surface area contributed by atoms with E-state index in [0.29, 0.717) is 61.3 Å². The molecule has 0 unspecified atom stereocenters. The van der Waals surface area contributed by atoms with Crippen molar-refractivity contribution >= 4 is 29.2 Å². The van der Waals surface area contributed by atoms with Gasteiger partial charge in [-0.2, -0.15) is 15.0 Å². The second-order valence-electron chi connectivity index (χ2n) is 6.71. The van der Waals surface area contributed by atoms with E-state index in [-0.39, 0.29) is 12.6 Å². The van der Waals surface area contributed by atoms with Crippen LogP contribution in [-0.2, 0) is 4.74 Å². The molecule has 9 nitrogen and oxygen atoms in total. The maximum Gasteiger partial charge on any atom is 0.233 e. The van der Waals surface area contributed by atoms with Gasteiger partial charge < -0.3 is 29.7 Å². The Kier molecular flexibility index (Phi) is 4.89. The van der Waals surface area contributed by atoms with E-state index in [2.05, 4.69) is 25.6 Å². The number of nitrogens with zero attached hydrogens (tertiary/aromatic N) is 4. The predicted octanol–water partition coefficient (Wildman–Crippen LogP) is 3.06. The highest BCUT2D eigenvalue weighted by atomic mass is 19.1. The molecule has 0 spiro atoms. The van der Waals surface area contributed by atoms with Crippen molar-refractivity contribution < 1.29 is 18.6 Å². The monoisotopic (exact) mass is 410 g/mol. The Morgan fingerprint density at radius 2 is 1.47 bits per heavy atom. The number of nitrogens with one attached hydrogen (secondary N) is 2. The minimum Gasteiger partial charge on any atom is -0.454 e. The van der Waals surface area contributed by atoms with Gasteiger partial charge in [0, 0.05) is 30.5 Å². The molecule has 0 radical (unpaired) electrons. The number of ether oxygens (including phenoxy) is 3.